The van der Waals surface area contributed by atoms with Crippen molar-refractivity contribution in [2.45, 2.75) is 0 Å². The number of hydrogen-bond acceptors (Lipinski definition) is 1. The third-order valence-electron chi connectivity index (χ3n) is 10.8. The lowest BCUT2D eigenvalue weighted by Gasteiger charge is -2.19. The van der Waals surface area contributed by atoms with Crippen LogP contribution in [0, 0.1) is 0 Å². The third kappa shape index (κ3) is 4.35. The molecule has 0 bridgehead atoms. The summed E-state index contributed by atoms with van der Waals surface area (Å²) in [4.78, 5) is 0. The van der Waals surface area contributed by atoms with Gasteiger partial charge in [-0.3, -0.25) is 0 Å². The molecule has 0 aliphatic heterocycles. The number of hydrogen-bond donors (Lipinski definition) is 0. The van der Waals surface area contributed by atoms with Gasteiger partial charge in [-0.05, 0) is 118 Å². The van der Waals surface area contributed by atoms with Crippen molar-refractivity contribution in [2.24, 2.45) is 0 Å². The molecule has 0 amide bonds. The van der Waals surface area contributed by atoms with Crippen LogP contribution < -0.4 is 0 Å². The lowest BCUT2D eigenvalue weighted by atomic mass is 9.84. The molecule has 10 aromatic carbocycles. The zero-order chi connectivity index (χ0) is 33.5. The molecule has 0 radical (unpaired) electrons. The fourth-order valence-corrected chi connectivity index (χ4v) is 8.39. The Morgan fingerprint density at radius 2 is 0.725 bits per heavy atom. The minimum absolute atomic E-state index is 0.922. The van der Waals surface area contributed by atoms with E-state index in [-0.39, 0.29) is 0 Å². The fourth-order valence-electron chi connectivity index (χ4n) is 8.39. The van der Waals surface area contributed by atoms with Gasteiger partial charge in [0.1, 0.15) is 11.2 Å². The molecule has 0 saturated carbocycles. The number of benzene rings is 10. The Kier molecular flexibility index (Phi) is 6.02. The maximum atomic E-state index is 6.41. The topological polar surface area (TPSA) is 13.1 Å². The molecule has 0 saturated heterocycles. The van der Waals surface area contributed by atoms with Gasteiger partial charge in [-0.2, -0.15) is 0 Å². The van der Waals surface area contributed by atoms with Crippen LogP contribution in [0.15, 0.2) is 186 Å². The molecule has 1 heteroatoms. The largest absolute Gasteiger partial charge is 0.456 e. The molecule has 0 aliphatic rings. The van der Waals surface area contributed by atoms with Crippen LogP contribution in [0.3, 0.4) is 0 Å². The van der Waals surface area contributed by atoms with E-state index in [1.807, 2.05) is 0 Å². The highest BCUT2D eigenvalue weighted by molar-refractivity contribution is 6.23. The van der Waals surface area contributed by atoms with Crippen molar-refractivity contribution in [1.29, 1.82) is 0 Å². The molecule has 0 N–H and O–H groups in total. The Morgan fingerprint density at radius 3 is 1.39 bits per heavy atom. The van der Waals surface area contributed by atoms with Gasteiger partial charge in [-0.15, -0.1) is 0 Å². The van der Waals surface area contributed by atoms with E-state index in [1.54, 1.807) is 0 Å². The lowest BCUT2D eigenvalue weighted by Crippen LogP contribution is -1.91. The van der Waals surface area contributed by atoms with Crippen molar-refractivity contribution in [3.8, 4) is 33.4 Å². The normalized spacial score (nSPS) is 11.9. The summed E-state index contributed by atoms with van der Waals surface area (Å²) in [5.74, 6) is 0. The predicted octanol–water partition coefficient (Wildman–Crippen LogP) is 14.4. The van der Waals surface area contributed by atoms with Gasteiger partial charge in [0.05, 0.1) is 0 Å². The highest BCUT2D eigenvalue weighted by atomic mass is 16.3. The van der Waals surface area contributed by atoms with Crippen LogP contribution in [-0.2, 0) is 0 Å². The van der Waals surface area contributed by atoms with Crippen LogP contribution in [0.25, 0.3) is 109 Å². The van der Waals surface area contributed by atoms with E-state index in [0.29, 0.717) is 0 Å². The first-order chi connectivity index (χ1) is 25.3. The second-order valence-electron chi connectivity index (χ2n) is 13.7. The van der Waals surface area contributed by atoms with E-state index < -0.39 is 0 Å². The summed E-state index contributed by atoms with van der Waals surface area (Å²) < 4.78 is 6.41. The quantitative estimate of drug-likeness (QED) is 0.174. The smallest absolute Gasteiger partial charge is 0.136 e. The zero-order valence-corrected chi connectivity index (χ0v) is 27.7. The van der Waals surface area contributed by atoms with Crippen LogP contribution in [-0.4, -0.2) is 0 Å². The summed E-state index contributed by atoms with van der Waals surface area (Å²) in [6.07, 6.45) is 0. The Morgan fingerprint density at radius 1 is 0.255 bits per heavy atom. The second kappa shape index (κ2) is 10.9. The predicted molar refractivity (Wildman–Crippen MR) is 218 cm³/mol. The molecule has 1 heterocycles. The molecule has 0 unspecified atom stereocenters. The minimum atomic E-state index is 0.922. The average molecular weight is 647 g/mol. The summed E-state index contributed by atoms with van der Waals surface area (Å²) in [7, 11) is 0. The van der Waals surface area contributed by atoms with E-state index in [0.717, 1.165) is 21.9 Å². The Labute approximate surface area is 294 Å². The molecule has 0 spiro atoms. The molecule has 0 atom stereocenters. The summed E-state index contributed by atoms with van der Waals surface area (Å²) in [6, 6.07) is 66.4. The standard InChI is InChI=1S/C50H30O/c1-2-12-35-29-47-45(27-34(35)11-1)46-28-37-25-24-36(26-38(37)30-48(46)51-47)31-20-22-33(23-21-31)49-41-15-5-7-17-43(41)50(44-18-8-6-16-42(44)49)40-19-9-13-32-10-3-4-14-39(32)40/h1-30H. The van der Waals surface area contributed by atoms with Gasteiger partial charge < -0.3 is 4.42 Å². The molecule has 51 heavy (non-hydrogen) atoms. The second-order valence-corrected chi connectivity index (χ2v) is 13.7. The van der Waals surface area contributed by atoms with Gasteiger partial charge in [-0.1, -0.05) is 152 Å². The highest BCUT2D eigenvalue weighted by Crippen LogP contribution is 2.45. The zero-order valence-electron chi connectivity index (χ0n) is 27.7. The van der Waals surface area contributed by atoms with E-state index in [2.05, 4.69) is 182 Å². The van der Waals surface area contributed by atoms with Crippen molar-refractivity contribution in [1.82, 2.24) is 0 Å². The van der Waals surface area contributed by atoms with Crippen molar-refractivity contribution in [3.05, 3.63) is 182 Å². The number of fused-ring (bicyclic) bond motifs is 8. The molecule has 236 valence electrons. The molecular formula is C50H30O. The van der Waals surface area contributed by atoms with Crippen molar-refractivity contribution in [3.63, 3.8) is 0 Å². The first-order valence-corrected chi connectivity index (χ1v) is 17.6. The van der Waals surface area contributed by atoms with Crippen molar-refractivity contribution < 1.29 is 4.42 Å². The summed E-state index contributed by atoms with van der Waals surface area (Å²) >= 11 is 0. The van der Waals surface area contributed by atoms with Gasteiger partial charge in [0.15, 0.2) is 0 Å². The monoisotopic (exact) mass is 646 g/mol. The molecule has 0 aliphatic carbocycles. The van der Waals surface area contributed by atoms with Crippen LogP contribution in [0.1, 0.15) is 0 Å². The number of furan rings is 1. The van der Waals surface area contributed by atoms with Gasteiger partial charge in [0.2, 0.25) is 0 Å². The van der Waals surface area contributed by atoms with Gasteiger partial charge >= 0.3 is 0 Å². The summed E-state index contributed by atoms with van der Waals surface area (Å²) in [5, 5.41) is 14.7. The molecule has 1 nitrogen and oxygen atoms in total. The number of rotatable bonds is 3. The molecule has 11 rings (SSSR count). The SMILES string of the molecule is c1ccc2cc3c(cc2c1)oc1cc2cc(-c4ccc(-c5c6ccccc6c(-c6cccc7ccccc67)c6ccccc56)cc4)ccc2cc13. The van der Waals surface area contributed by atoms with Gasteiger partial charge in [-0.25, -0.2) is 0 Å². The van der Waals surface area contributed by atoms with Crippen LogP contribution >= 0.6 is 0 Å². The molecule has 0 fully saturated rings. The Bertz CT molecular complexity index is 3120. The minimum Gasteiger partial charge on any atom is -0.456 e. The molecule has 1 aromatic heterocycles. The van der Waals surface area contributed by atoms with Crippen LogP contribution in [0.5, 0.6) is 0 Å². The Hall–Kier alpha value is -6.70. The average Bonchev–Trinajstić information content (AvgIpc) is 3.53. The first-order valence-electron chi connectivity index (χ1n) is 17.6. The maximum Gasteiger partial charge on any atom is 0.136 e. The van der Waals surface area contributed by atoms with E-state index in [1.165, 1.54) is 87.2 Å². The van der Waals surface area contributed by atoms with E-state index in [4.69, 9.17) is 4.42 Å². The fraction of sp³-hybridized carbons (Fsp3) is 0. The van der Waals surface area contributed by atoms with E-state index >= 15 is 0 Å². The van der Waals surface area contributed by atoms with Gasteiger partial charge in [0, 0.05) is 10.8 Å². The highest BCUT2D eigenvalue weighted by Gasteiger charge is 2.18. The third-order valence-corrected chi connectivity index (χ3v) is 10.8. The van der Waals surface area contributed by atoms with Crippen LogP contribution in [0.2, 0.25) is 0 Å². The Balaban J connectivity index is 1.04. The van der Waals surface area contributed by atoms with E-state index in [9.17, 15) is 0 Å². The molecule has 11 aromatic rings. The van der Waals surface area contributed by atoms with Crippen molar-refractivity contribution in [2.75, 3.05) is 0 Å². The van der Waals surface area contributed by atoms with Gasteiger partial charge in [0.25, 0.3) is 0 Å². The van der Waals surface area contributed by atoms with Crippen molar-refractivity contribution >= 4 is 75.8 Å². The lowest BCUT2D eigenvalue weighted by molar-refractivity contribution is 0.670. The maximum absolute atomic E-state index is 6.41. The summed E-state index contributed by atoms with van der Waals surface area (Å²) in [5.41, 5.74) is 9.29. The first kappa shape index (κ1) is 28.2. The van der Waals surface area contributed by atoms with Crippen LogP contribution in [0.4, 0.5) is 0 Å². The molecular weight excluding hydrogens is 617 g/mol. The summed E-state index contributed by atoms with van der Waals surface area (Å²) in [6.45, 7) is 0.